The van der Waals surface area contributed by atoms with Crippen molar-refractivity contribution in [3.8, 4) is 6.07 Å². The van der Waals surface area contributed by atoms with Crippen molar-refractivity contribution in [3.63, 3.8) is 0 Å². The van der Waals surface area contributed by atoms with Crippen LogP contribution < -0.4 is 5.32 Å². The summed E-state index contributed by atoms with van der Waals surface area (Å²) in [5.74, 6) is -2.10. The minimum atomic E-state index is -1.41. The van der Waals surface area contributed by atoms with Crippen LogP contribution >= 0.6 is 0 Å². The number of carboxylic acid groups (broad SMARTS) is 1. The number of nitro groups is 1. The topological polar surface area (TPSA) is 133 Å². The summed E-state index contributed by atoms with van der Waals surface area (Å²) in [5.41, 5.74) is -0.894. The van der Waals surface area contributed by atoms with Gasteiger partial charge in [0.2, 0.25) is 5.91 Å². The molecule has 2 N–H and O–H groups in total. The molecule has 1 rings (SSSR count). The summed E-state index contributed by atoms with van der Waals surface area (Å²) in [4.78, 5) is 31.8. The third-order valence-electron chi connectivity index (χ3n) is 1.96. The monoisotopic (exact) mass is 249 g/mol. The molecule has 0 spiro atoms. The Labute approximate surface area is 101 Å². The lowest BCUT2D eigenvalue weighted by atomic mass is 10.1. The summed E-state index contributed by atoms with van der Waals surface area (Å²) in [6.07, 6.45) is -0.434. The molecule has 92 valence electrons. The van der Waals surface area contributed by atoms with Gasteiger partial charge in [-0.15, -0.1) is 0 Å². The molecule has 1 aromatic rings. The zero-order valence-electron chi connectivity index (χ0n) is 8.91. The first-order valence-corrected chi connectivity index (χ1v) is 4.64. The average molecular weight is 249 g/mol. The quantitative estimate of drug-likeness (QED) is 0.607. The number of nitrogens with zero attached hydrogens (tertiary/aromatic N) is 2. The number of non-ortho nitro benzene ring substituents is 1. The molecule has 0 aliphatic carbocycles. The van der Waals surface area contributed by atoms with Crippen LogP contribution in [0.3, 0.4) is 0 Å². The zero-order chi connectivity index (χ0) is 13.7. The van der Waals surface area contributed by atoms with Crippen LogP contribution in [-0.4, -0.2) is 21.9 Å². The number of amides is 1. The van der Waals surface area contributed by atoms with Gasteiger partial charge in [0.1, 0.15) is 6.42 Å². The second kappa shape index (κ2) is 5.40. The Kier molecular flexibility index (Phi) is 3.93. The summed E-state index contributed by atoms with van der Waals surface area (Å²) in [6, 6.07) is 4.61. The second-order valence-electron chi connectivity index (χ2n) is 3.18. The van der Waals surface area contributed by atoms with Crippen molar-refractivity contribution < 1.29 is 19.6 Å². The van der Waals surface area contributed by atoms with Crippen molar-refractivity contribution in [2.24, 2.45) is 0 Å². The first-order chi connectivity index (χ1) is 8.45. The van der Waals surface area contributed by atoms with Crippen LogP contribution in [0, 0.1) is 21.4 Å². The predicted octanol–water partition coefficient (Wildman–Crippen LogP) is 1.15. The van der Waals surface area contributed by atoms with Crippen molar-refractivity contribution in [1.82, 2.24) is 0 Å². The Hall–Kier alpha value is -2.95. The van der Waals surface area contributed by atoms with E-state index in [1.807, 2.05) is 0 Å². The van der Waals surface area contributed by atoms with E-state index in [-0.39, 0.29) is 5.69 Å². The van der Waals surface area contributed by atoms with Crippen molar-refractivity contribution in [1.29, 1.82) is 5.26 Å². The summed E-state index contributed by atoms with van der Waals surface area (Å²) in [7, 11) is 0. The maximum atomic E-state index is 11.1. The number of rotatable bonds is 4. The highest BCUT2D eigenvalue weighted by molar-refractivity contribution is 6.01. The van der Waals surface area contributed by atoms with Crippen molar-refractivity contribution >= 4 is 23.3 Å². The molecule has 18 heavy (non-hydrogen) atoms. The summed E-state index contributed by atoms with van der Waals surface area (Å²) >= 11 is 0. The molecule has 0 unspecified atom stereocenters. The van der Waals surface area contributed by atoms with Crippen molar-refractivity contribution in [3.05, 3.63) is 33.9 Å². The number of anilines is 1. The standard InChI is InChI=1S/C10H7N3O5/c11-4-3-9(14)12-8-2-1-6(13(17)18)5-7(8)10(15)16/h1-2,5H,3H2,(H,12,14)(H,15,16). The van der Waals surface area contributed by atoms with Gasteiger partial charge in [0, 0.05) is 12.1 Å². The molecule has 0 heterocycles. The lowest BCUT2D eigenvalue weighted by molar-refractivity contribution is -0.384. The number of carboxylic acids is 1. The first kappa shape index (κ1) is 13.1. The number of nitro benzene ring substituents is 1. The number of nitriles is 1. The van der Waals surface area contributed by atoms with E-state index in [1.54, 1.807) is 6.07 Å². The number of hydrogen-bond acceptors (Lipinski definition) is 5. The van der Waals surface area contributed by atoms with Crippen molar-refractivity contribution in [2.75, 3.05) is 5.32 Å². The molecule has 0 atom stereocenters. The van der Waals surface area contributed by atoms with Gasteiger partial charge >= 0.3 is 5.97 Å². The smallest absolute Gasteiger partial charge is 0.338 e. The van der Waals surface area contributed by atoms with Crippen LogP contribution in [0.5, 0.6) is 0 Å². The molecule has 0 bridgehead atoms. The fourth-order valence-corrected chi connectivity index (χ4v) is 1.20. The SMILES string of the molecule is N#CCC(=O)Nc1ccc([N+](=O)[O-])cc1C(=O)O. The Bertz CT molecular complexity index is 561. The van der Waals surface area contributed by atoms with E-state index in [1.165, 1.54) is 0 Å². The maximum absolute atomic E-state index is 11.1. The third kappa shape index (κ3) is 3.02. The van der Waals surface area contributed by atoms with Gasteiger partial charge in [-0.1, -0.05) is 0 Å². The highest BCUT2D eigenvalue weighted by atomic mass is 16.6. The zero-order valence-corrected chi connectivity index (χ0v) is 8.91. The predicted molar refractivity (Wildman–Crippen MR) is 58.9 cm³/mol. The van der Waals surface area contributed by atoms with E-state index in [9.17, 15) is 19.7 Å². The van der Waals surface area contributed by atoms with Gasteiger partial charge in [0.05, 0.1) is 22.2 Å². The van der Waals surface area contributed by atoms with E-state index in [2.05, 4.69) is 5.32 Å². The molecule has 0 aliphatic heterocycles. The molecule has 0 fully saturated rings. The lowest BCUT2D eigenvalue weighted by Gasteiger charge is -2.06. The first-order valence-electron chi connectivity index (χ1n) is 4.64. The Morgan fingerprint density at radius 3 is 2.67 bits per heavy atom. The fraction of sp³-hybridized carbons (Fsp3) is 0.100. The number of carbonyl (C=O) groups is 2. The van der Waals surface area contributed by atoms with E-state index in [0.29, 0.717) is 0 Å². The number of carbonyl (C=O) groups excluding carboxylic acids is 1. The second-order valence-corrected chi connectivity index (χ2v) is 3.18. The van der Waals surface area contributed by atoms with Gasteiger partial charge in [-0.25, -0.2) is 4.79 Å². The molecule has 0 aliphatic rings. The van der Waals surface area contributed by atoms with Gasteiger partial charge in [0.15, 0.2) is 0 Å². The van der Waals surface area contributed by atoms with E-state index in [4.69, 9.17) is 10.4 Å². The molecule has 0 aromatic heterocycles. The summed E-state index contributed by atoms with van der Waals surface area (Å²) in [5, 5.41) is 29.9. The summed E-state index contributed by atoms with van der Waals surface area (Å²) in [6.45, 7) is 0. The molecule has 1 aromatic carbocycles. The molecular formula is C10H7N3O5. The molecular weight excluding hydrogens is 242 g/mol. The van der Waals surface area contributed by atoms with E-state index < -0.39 is 34.5 Å². The molecule has 0 saturated heterocycles. The molecule has 0 radical (unpaired) electrons. The number of nitrogens with one attached hydrogen (secondary N) is 1. The van der Waals surface area contributed by atoms with Gasteiger partial charge in [-0.05, 0) is 6.07 Å². The maximum Gasteiger partial charge on any atom is 0.338 e. The molecule has 1 amide bonds. The van der Waals surface area contributed by atoms with Crippen LogP contribution in [0.15, 0.2) is 18.2 Å². The van der Waals surface area contributed by atoms with Crippen LogP contribution in [0.2, 0.25) is 0 Å². The van der Waals surface area contributed by atoms with Crippen LogP contribution in [0.25, 0.3) is 0 Å². The van der Waals surface area contributed by atoms with Gasteiger partial charge in [-0.3, -0.25) is 14.9 Å². The Morgan fingerprint density at radius 1 is 1.50 bits per heavy atom. The highest BCUT2D eigenvalue weighted by Crippen LogP contribution is 2.22. The van der Waals surface area contributed by atoms with Crippen LogP contribution in [0.4, 0.5) is 11.4 Å². The lowest BCUT2D eigenvalue weighted by Crippen LogP contribution is -2.13. The minimum Gasteiger partial charge on any atom is -0.478 e. The largest absolute Gasteiger partial charge is 0.478 e. The molecule has 8 nitrogen and oxygen atoms in total. The van der Waals surface area contributed by atoms with Gasteiger partial charge in [-0.2, -0.15) is 5.26 Å². The minimum absolute atomic E-state index is 0.0895. The Balaban J connectivity index is 3.12. The van der Waals surface area contributed by atoms with E-state index >= 15 is 0 Å². The Morgan fingerprint density at radius 2 is 2.17 bits per heavy atom. The van der Waals surface area contributed by atoms with E-state index in [0.717, 1.165) is 18.2 Å². The van der Waals surface area contributed by atoms with Crippen LogP contribution in [-0.2, 0) is 4.79 Å². The normalized spacial score (nSPS) is 9.28. The highest BCUT2D eigenvalue weighted by Gasteiger charge is 2.17. The van der Waals surface area contributed by atoms with Gasteiger partial charge < -0.3 is 10.4 Å². The number of aromatic carboxylic acids is 1. The molecule has 8 heteroatoms. The third-order valence-corrected chi connectivity index (χ3v) is 1.96. The molecule has 0 saturated carbocycles. The summed E-state index contributed by atoms with van der Waals surface area (Å²) < 4.78 is 0. The van der Waals surface area contributed by atoms with Crippen LogP contribution in [0.1, 0.15) is 16.8 Å². The number of benzene rings is 1. The van der Waals surface area contributed by atoms with Crippen molar-refractivity contribution in [2.45, 2.75) is 6.42 Å². The number of hydrogen-bond donors (Lipinski definition) is 2. The fourth-order valence-electron chi connectivity index (χ4n) is 1.20. The average Bonchev–Trinajstić information content (AvgIpc) is 2.29. The van der Waals surface area contributed by atoms with Gasteiger partial charge in [0.25, 0.3) is 5.69 Å².